The van der Waals surface area contributed by atoms with E-state index in [0.29, 0.717) is 0 Å². The third kappa shape index (κ3) is 922. The van der Waals surface area contributed by atoms with Crippen LogP contribution < -0.4 is 0 Å². The molecule has 0 aromatic rings. The van der Waals surface area contributed by atoms with Crippen LogP contribution >= 0.6 is 0 Å². The van der Waals surface area contributed by atoms with Crippen molar-refractivity contribution in [3.63, 3.8) is 0 Å². The summed E-state index contributed by atoms with van der Waals surface area (Å²) in [5.74, 6) is 0. The van der Waals surface area contributed by atoms with Gasteiger partial charge in [0.05, 0.1) is 25.4 Å². The summed E-state index contributed by atoms with van der Waals surface area (Å²) in [4.78, 5) is 41.2. The molecule has 0 rings (SSSR count). The Labute approximate surface area is 154 Å². The standard InChI is InChI=1S/La.5NO3.Ni/c;5*2-1(3)4;/q+3;5*-1;+2. The quantitative estimate of drug-likeness (QED) is 0.211. The van der Waals surface area contributed by atoms with Crippen LogP contribution in [-0.4, -0.2) is 25.4 Å². The zero-order valence-electron chi connectivity index (χ0n) is 9.25. The SMILES string of the molecule is O=[N+]([O-])[O-].O=[N+]([O-])[O-].O=[N+]([O-])[O-].O=[N+]([O-])[O-].O=[N+]([O-])[O-].[La+3].[Ni+2]. The maximum atomic E-state index is 8.25. The first-order chi connectivity index (χ1) is 8.66. The Hall–Kier alpha value is -2.31. The van der Waals surface area contributed by atoms with Gasteiger partial charge in [-0.2, -0.15) is 0 Å². The van der Waals surface area contributed by atoms with Gasteiger partial charge in [0.1, 0.15) is 0 Å². The summed E-state index contributed by atoms with van der Waals surface area (Å²) in [6.45, 7) is 0. The van der Waals surface area contributed by atoms with Crippen molar-refractivity contribution in [2.45, 2.75) is 0 Å². The Morgan fingerprint density at radius 3 is 0.364 bits per heavy atom. The molecule has 0 heterocycles. The molecule has 22 heteroatoms. The van der Waals surface area contributed by atoms with E-state index in [-0.39, 0.29) is 52.1 Å². The fraction of sp³-hybridized carbons (Fsp3) is 0. The monoisotopic (exact) mass is 507 g/mol. The molecule has 0 aliphatic carbocycles. The third-order valence-electron chi connectivity index (χ3n) is 0. The van der Waals surface area contributed by atoms with Gasteiger partial charge in [0.2, 0.25) is 0 Å². The van der Waals surface area contributed by atoms with E-state index in [1.54, 1.807) is 0 Å². The van der Waals surface area contributed by atoms with Crippen LogP contribution in [0.2, 0.25) is 0 Å². The normalized spacial score (nSPS) is 5.45. The van der Waals surface area contributed by atoms with Gasteiger partial charge in [-0.1, -0.05) is 0 Å². The third-order valence-corrected chi connectivity index (χ3v) is 0. The van der Waals surface area contributed by atoms with Crippen molar-refractivity contribution in [3.05, 3.63) is 76.6 Å². The van der Waals surface area contributed by atoms with Crippen LogP contribution in [0, 0.1) is 112 Å². The first kappa shape index (κ1) is 42.7. The van der Waals surface area contributed by atoms with Crippen molar-refractivity contribution in [1.82, 2.24) is 0 Å². The van der Waals surface area contributed by atoms with Gasteiger partial charge in [0.15, 0.2) is 0 Å². The molecular formula is LaN5NiO15. The fourth-order valence-electron chi connectivity index (χ4n) is 0. The summed E-state index contributed by atoms with van der Waals surface area (Å²) in [7, 11) is 0. The first-order valence-corrected chi connectivity index (χ1v) is 2.74. The molecule has 0 amide bonds. The van der Waals surface area contributed by atoms with Crippen molar-refractivity contribution >= 4 is 0 Å². The fourth-order valence-corrected chi connectivity index (χ4v) is 0. The van der Waals surface area contributed by atoms with Crippen molar-refractivity contribution in [2.24, 2.45) is 0 Å². The van der Waals surface area contributed by atoms with Crippen LogP contribution in [0.15, 0.2) is 0 Å². The average Bonchev–Trinajstić information content (AvgIpc) is 1.94. The Balaban J connectivity index is -0.0000000250. The second-order valence-corrected chi connectivity index (χ2v) is 1.12. The molecule has 0 aromatic heterocycles. The van der Waals surface area contributed by atoms with E-state index in [1.807, 2.05) is 0 Å². The molecule has 0 fully saturated rings. The predicted molar refractivity (Wildman–Crippen MR) is 51.8 cm³/mol. The molecule has 0 radical (unpaired) electrons. The minimum Gasteiger partial charge on any atom is -0.356 e. The number of rotatable bonds is 0. The molecule has 0 unspecified atom stereocenters. The Morgan fingerprint density at radius 1 is 0.364 bits per heavy atom. The molecule has 0 atom stereocenters. The predicted octanol–water partition coefficient (Wildman–Crippen LogP) is -1.20. The second kappa shape index (κ2) is 36.3. The maximum Gasteiger partial charge on any atom is 3.00 e. The molecule has 0 saturated carbocycles. The van der Waals surface area contributed by atoms with Gasteiger partial charge >= 0.3 is 52.1 Å². The summed E-state index contributed by atoms with van der Waals surface area (Å²) in [6, 6.07) is 0. The average molecular weight is 508 g/mol. The van der Waals surface area contributed by atoms with Crippen molar-refractivity contribution < 1.29 is 77.5 Å². The Morgan fingerprint density at radius 2 is 0.364 bits per heavy atom. The van der Waals surface area contributed by atoms with Crippen molar-refractivity contribution in [3.8, 4) is 0 Å². The minimum absolute atomic E-state index is 0. The summed E-state index contributed by atoms with van der Waals surface area (Å²) in [6.07, 6.45) is 0. The molecule has 0 aromatic carbocycles. The largest absolute Gasteiger partial charge is 3.00 e. The molecule has 0 saturated heterocycles. The zero-order chi connectivity index (χ0) is 17.9. The molecule has 0 N–H and O–H groups in total. The van der Waals surface area contributed by atoms with Crippen LogP contribution in [0.3, 0.4) is 0 Å². The van der Waals surface area contributed by atoms with E-state index in [9.17, 15) is 0 Å². The molecule has 20 nitrogen and oxygen atoms in total. The van der Waals surface area contributed by atoms with Crippen LogP contribution in [-0.2, 0) is 16.5 Å². The van der Waals surface area contributed by atoms with E-state index in [2.05, 4.69) is 0 Å². The zero-order valence-corrected chi connectivity index (χ0v) is 13.9. The topological polar surface area (TPSA) is 331 Å². The van der Waals surface area contributed by atoms with Gasteiger partial charge < -0.3 is 76.6 Å². The van der Waals surface area contributed by atoms with Crippen LogP contribution in [0.1, 0.15) is 0 Å². The summed E-state index contributed by atoms with van der Waals surface area (Å²) in [5, 5.41) is 73.8. The number of nitrogens with zero attached hydrogens (tertiary/aromatic N) is 5. The maximum absolute atomic E-state index is 8.25. The molecule has 0 bridgehead atoms. The summed E-state index contributed by atoms with van der Waals surface area (Å²) in [5.41, 5.74) is 0. The summed E-state index contributed by atoms with van der Waals surface area (Å²) < 4.78 is 0. The van der Waals surface area contributed by atoms with E-state index in [4.69, 9.17) is 76.6 Å². The van der Waals surface area contributed by atoms with Crippen molar-refractivity contribution in [1.29, 1.82) is 0 Å². The van der Waals surface area contributed by atoms with Crippen LogP contribution in [0.25, 0.3) is 0 Å². The smallest absolute Gasteiger partial charge is 0.356 e. The number of hydrogen-bond donors (Lipinski definition) is 0. The minimum atomic E-state index is -1.75. The van der Waals surface area contributed by atoms with Gasteiger partial charge in [-0.05, 0) is 0 Å². The van der Waals surface area contributed by atoms with E-state index in [0.717, 1.165) is 0 Å². The molecular weight excluding hydrogens is 508 g/mol. The van der Waals surface area contributed by atoms with E-state index < -0.39 is 25.4 Å². The molecule has 0 aliphatic heterocycles. The second-order valence-electron chi connectivity index (χ2n) is 1.12. The van der Waals surface area contributed by atoms with Crippen molar-refractivity contribution in [2.75, 3.05) is 0 Å². The Bertz CT molecular complexity index is 213. The van der Waals surface area contributed by atoms with E-state index in [1.165, 1.54) is 0 Å². The van der Waals surface area contributed by atoms with Crippen LogP contribution in [0.5, 0.6) is 0 Å². The Kier molecular flexibility index (Phi) is 70.5. The summed E-state index contributed by atoms with van der Waals surface area (Å²) >= 11 is 0. The molecule has 0 spiro atoms. The van der Waals surface area contributed by atoms with Gasteiger partial charge in [0.25, 0.3) is 0 Å². The van der Waals surface area contributed by atoms with Crippen LogP contribution in [0.4, 0.5) is 0 Å². The molecule has 0 aliphatic rings. The van der Waals surface area contributed by atoms with Gasteiger partial charge in [-0.3, -0.25) is 0 Å². The van der Waals surface area contributed by atoms with Gasteiger partial charge in [0, 0.05) is 0 Å². The van der Waals surface area contributed by atoms with E-state index >= 15 is 0 Å². The molecule has 128 valence electrons. The van der Waals surface area contributed by atoms with Gasteiger partial charge in [-0.25, -0.2) is 0 Å². The first-order valence-electron chi connectivity index (χ1n) is 2.74. The molecule has 22 heavy (non-hydrogen) atoms. The van der Waals surface area contributed by atoms with Gasteiger partial charge in [-0.15, -0.1) is 0 Å². The number of hydrogen-bond acceptors (Lipinski definition) is 15.